The number of hydrogen-bond donors (Lipinski definition) is 3. The molecular formula is C37H61N2O8+. The van der Waals surface area contributed by atoms with Gasteiger partial charge in [0.05, 0.1) is 70.1 Å². The van der Waals surface area contributed by atoms with Gasteiger partial charge in [0.2, 0.25) is 0 Å². The van der Waals surface area contributed by atoms with Crippen LogP contribution >= 0.6 is 0 Å². The average molecular weight is 662 g/mol. The minimum Gasteiger partial charge on any atom is -0.457 e. The number of carbonyl (C=O) groups is 2. The number of piperazine rings is 1. The lowest BCUT2D eigenvalue weighted by Crippen LogP contribution is -2.59. The SMILES string of the molecule is CC[C@H](O)[C@@H](C)[C@H]1O[C@@H]1C[C@H](C)C=CC=C(C)[C@H]1OC(=O)C[C@H](O)CC[C@@](C)(O)[C@@H](OC(=O)N2CC[N+]3(CCCC3)CC2)C=C[C@@H]1C. The van der Waals surface area contributed by atoms with Gasteiger partial charge in [0.15, 0.2) is 6.10 Å². The van der Waals surface area contributed by atoms with Gasteiger partial charge >= 0.3 is 12.1 Å². The molecule has 0 radical (unpaired) electrons. The van der Waals surface area contributed by atoms with E-state index >= 15 is 0 Å². The molecule has 3 fully saturated rings. The van der Waals surface area contributed by atoms with Gasteiger partial charge in [-0.1, -0.05) is 52.0 Å². The second-order valence-corrected chi connectivity index (χ2v) is 15.1. The van der Waals surface area contributed by atoms with Crippen molar-refractivity contribution in [3.63, 3.8) is 0 Å². The Hall–Kier alpha value is -2.24. The van der Waals surface area contributed by atoms with Gasteiger partial charge in [0.25, 0.3) is 0 Å². The van der Waals surface area contributed by atoms with Crippen molar-refractivity contribution in [1.29, 1.82) is 0 Å². The number of rotatable bonds is 9. The highest BCUT2D eigenvalue weighted by Crippen LogP contribution is 2.36. The van der Waals surface area contributed by atoms with Crippen LogP contribution in [-0.2, 0) is 19.0 Å². The Morgan fingerprint density at radius 3 is 2.53 bits per heavy atom. The van der Waals surface area contributed by atoms with Gasteiger partial charge in [-0.25, -0.2) is 4.79 Å². The first-order chi connectivity index (χ1) is 22.2. The number of epoxide rings is 1. The molecule has 0 unspecified atom stereocenters. The van der Waals surface area contributed by atoms with Gasteiger partial charge in [-0.2, -0.15) is 0 Å². The maximum Gasteiger partial charge on any atom is 0.410 e. The molecule has 3 saturated heterocycles. The predicted molar refractivity (Wildman–Crippen MR) is 180 cm³/mol. The van der Waals surface area contributed by atoms with Crippen LogP contribution in [0.5, 0.6) is 0 Å². The number of ether oxygens (including phenoxy) is 3. The van der Waals surface area contributed by atoms with Gasteiger partial charge in [0.1, 0.15) is 11.7 Å². The predicted octanol–water partition coefficient (Wildman–Crippen LogP) is 4.52. The molecular weight excluding hydrogens is 600 g/mol. The summed E-state index contributed by atoms with van der Waals surface area (Å²) >= 11 is 0. The van der Waals surface area contributed by atoms with Crippen molar-refractivity contribution in [3.05, 3.63) is 36.0 Å². The lowest BCUT2D eigenvalue weighted by Gasteiger charge is -2.42. The van der Waals surface area contributed by atoms with E-state index < -0.39 is 36.0 Å². The molecule has 0 bridgehead atoms. The zero-order chi connectivity index (χ0) is 34.4. The lowest BCUT2D eigenvalue weighted by molar-refractivity contribution is -0.920. The van der Waals surface area contributed by atoms with Crippen LogP contribution in [0.2, 0.25) is 0 Å². The van der Waals surface area contributed by atoms with Gasteiger partial charge in [-0.3, -0.25) is 9.69 Å². The molecule has 1 amide bonds. The highest BCUT2D eigenvalue weighted by molar-refractivity contribution is 5.70. The Morgan fingerprint density at radius 1 is 1.19 bits per heavy atom. The highest BCUT2D eigenvalue weighted by Gasteiger charge is 2.45. The van der Waals surface area contributed by atoms with E-state index in [1.165, 1.54) is 25.9 Å². The van der Waals surface area contributed by atoms with Crippen molar-refractivity contribution < 1.29 is 43.6 Å². The third-order valence-electron chi connectivity index (χ3n) is 11.0. The minimum absolute atomic E-state index is 0.101. The van der Waals surface area contributed by atoms with Crippen LogP contribution in [0.4, 0.5) is 4.79 Å². The molecule has 266 valence electrons. The second-order valence-electron chi connectivity index (χ2n) is 15.1. The molecule has 47 heavy (non-hydrogen) atoms. The Morgan fingerprint density at radius 2 is 1.87 bits per heavy atom. The first-order valence-corrected chi connectivity index (χ1v) is 18.0. The van der Waals surface area contributed by atoms with Crippen molar-refractivity contribution >= 4 is 12.1 Å². The Balaban J connectivity index is 1.42. The van der Waals surface area contributed by atoms with E-state index in [-0.39, 0.29) is 55.3 Å². The van der Waals surface area contributed by atoms with E-state index in [0.29, 0.717) is 13.1 Å². The Labute approximate surface area is 282 Å². The Kier molecular flexibility index (Phi) is 13.1. The third-order valence-corrected chi connectivity index (χ3v) is 11.0. The maximum absolute atomic E-state index is 13.3. The van der Waals surface area contributed by atoms with Gasteiger partial charge in [-0.15, -0.1) is 0 Å². The molecule has 10 heteroatoms. The fraction of sp³-hybridized carbons (Fsp3) is 0.784. The zero-order valence-corrected chi connectivity index (χ0v) is 29.6. The molecule has 4 heterocycles. The number of cyclic esters (lactones) is 1. The first kappa shape index (κ1) is 37.6. The summed E-state index contributed by atoms with van der Waals surface area (Å²) in [7, 11) is 0. The average Bonchev–Trinajstić information content (AvgIpc) is 3.65. The highest BCUT2D eigenvalue weighted by atomic mass is 16.6. The number of allylic oxidation sites excluding steroid dienone is 3. The summed E-state index contributed by atoms with van der Waals surface area (Å²) < 4.78 is 18.8. The van der Waals surface area contributed by atoms with E-state index in [9.17, 15) is 24.9 Å². The van der Waals surface area contributed by atoms with Gasteiger partial charge < -0.3 is 34.0 Å². The molecule has 0 aromatic carbocycles. The number of hydrogen-bond acceptors (Lipinski definition) is 8. The van der Waals surface area contributed by atoms with Crippen molar-refractivity contribution in [2.45, 2.75) is 129 Å². The van der Waals surface area contributed by atoms with Crippen LogP contribution in [0, 0.1) is 17.8 Å². The summed E-state index contributed by atoms with van der Waals surface area (Å²) in [6, 6.07) is 0. The number of nitrogens with zero attached hydrogens (tertiary/aromatic N) is 2. The molecule has 0 aromatic heterocycles. The molecule has 1 spiro atoms. The van der Waals surface area contributed by atoms with Crippen LogP contribution < -0.4 is 0 Å². The molecule has 4 aliphatic rings. The first-order valence-electron chi connectivity index (χ1n) is 18.0. The van der Waals surface area contributed by atoms with Crippen LogP contribution in [0.1, 0.15) is 86.5 Å². The van der Waals surface area contributed by atoms with E-state index in [0.717, 1.165) is 36.0 Å². The van der Waals surface area contributed by atoms with E-state index in [1.807, 2.05) is 45.9 Å². The lowest BCUT2D eigenvalue weighted by atomic mass is 9.88. The molecule has 0 saturated carbocycles. The Bertz CT molecular complexity index is 1140. The fourth-order valence-corrected chi connectivity index (χ4v) is 7.50. The summed E-state index contributed by atoms with van der Waals surface area (Å²) in [5.41, 5.74) is -0.608. The molecule has 4 rings (SSSR count). The van der Waals surface area contributed by atoms with Crippen LogP contribution in [0.15, 0.2) is 36.0 Å². The van der Waals surface area contributed by atoms with E-state index in [4.69, 9.17) is 14.2 Å². The second kappa shape index (κ2) is 16.4. The van der Waals surface area contributed by atoms with Crippen LogP contribution in [-0.4, -0.2) is 118 Å². The summed E-state index contributed by atoms with van der Waals surface area (Å²) in [5.74, 6) is -0.421. The van der Waals surface area contributed by atoms with Crippen molar-refractivity contribution in [2.24, 2.45) is 17.8 Å². The van der Waals surface area contributed by atoms with Crippen LogP contribution in [0.3, 0.4) is 0 Å². The standard InChI is InChI=1S/C37H61N2O8/c1-7-30(41)28(5)35-31(45-35)23-25(2)11-10-12-26(3)34-27(4)13-14-32(37(6,44)16-15-29(40)24-33(42)47-34)46-36(43)38-17-21-39(22-18-38)19-8-9-20-39/h10-14,25,27-32,34-35,40-41,44H,7-9,15-24H2,1-6H3/q+1/t25-,27+,28-,29-,30+,31-,32+,34-,35-,37-/m1/s1. The van der Waals surface area contributed by atoms with Crippen LogP contribution in [0.25, 0.3) is 0 Å². The summed E-state index contributed by atoms with van der Waals surface area (Å²) in [6.07, 6.45) is 10.7. The monoisotopic (exact) mass is 661 g/mol. The minimum atomic E-state index is -1.44. The number of aliphatic hydroxyl groups is 3. The molecule has 0 aliphatic carbocycles. The quantitative estimate of drug-likeness (QED) is 0.108. The fourth-order valence-electron chi connectivity index (χ4n) is 7.50. The molecule has 0 aromatic rings. The van der Waals surface area contributed by atoms with E-state index in [1.54, 1.807) is 17.9 Å². The third kappa shape index (κ3) is 10.4. The topological polar surface area (TPSA) is 129 Å². The number of aliphatic hydroxyl groups excluding tert-OH is 2. The summed E-state index contributed by atoms with van der Waals surface area (Å²) in [6.45, 7) is 17.1. The molecule has 10 nitrogen and oxygen atoms in total. The summed E-state index contributed by atoms with van der Waals surface area (Å²) in [4.78, 5) is 27.9. The normalized spacial score (nSPS) is 35.6. The zero-order valence-electron chi connectivity index (χ0n) is 29.6. The maximum atomic E-state index is 13.3. The van der Waals surface area contributed by atoms with Crippen molar-refractivity contribution in [2.75, 3.05) is 39.3 Å². The molecule has 10 atom stereocenters. The van der Waals surface area contributed by atoms with Gasteiger partial charge in [0, 0.05) is 24.7 Å². The smallest absolute Gasteiger partial charge is 0.410 e. The van der Waals surface area contributed by atoms with Crippen molar-refractivity contribution in [1.82, 2.24) is 4.90 Å². The summed E-state index contributed by atoms with van der Waals surface area (Å²) in [5, 5.41) is 32.3. The van der Waals surface area contributed by atoms with Crippen molar-refractivity contribution in [3.8, 4) is 0 Å². The number of esters is 1. The largest absolute Gasteiger partial charge is 0.457 e. The molecule has 3 N–H and O–H groups in total. The van der Waals surface area contributed by atoms with E-state index in [2.05, 4.69) is 13.0 Å². The number of carbonyl (C=O) groups excluding carboxylic acids is 2. The number of quaternary nitrogens is 1. The number of amides is 1. The van der Waals surface area contributed by atoms with Gasteiger partial charge in [-0.05, 0) is 57.1 Å². The molecule has 4 aliphatic heterocycles.